The maximum absolute atomic E-state index is 13.7. The minimum Gasteiger partial charge on any atom is -0.453 e. The molecule has 18 heavy (non-hydrogen) atoms. The largest absolute Gasteiger partial charge is 0.453 e. The fourth-order valence-electron chi connectivity index (χ4n) is 1.80. The van der Waals surface area contributed by atoms with Crippen molar-refractivity contribution in [2.24, 2.45) is 0 Å². The van der Waals surface area contributed by atoms with Crippen LogP contribution in [-0.4, -0.2) is 49.9 Å². The van der Waals surface area contributed by atoms with Gasteiger partial charge in [0.25, 0.3) is 0 Å². The Hall–Kier alpha value is -1.40. The second-order valence-corrected chi connectivity index (χ2v) is 4.00. The summed E-state index contributed by atoms with van der Waals surface area (Å²) in [5.41, 5.74) is 0.307. The van der Waals surface area contributed by atoms with Gasteiger partial charge < -0.3 is 14.6 Å². The lowest BCUT2D eigenvalue weighted by Gasteiger charge is -2.18. The zero-order chi connectivity index (χ0) is 13.1. The van der Waals surface area contributed by atoms with E-state index < -0.39 is 37.0 Å². The van der Waals surface area contributed by atoms with Gasteiger partial charge in [-0.3, -0.25) is 0 Å². The summed E-state index contributed by atoms with van der Waals surface area (Å²) in [7, 11) is 5.35. The first-order valence-corrected chi connectivity index (χ1v) is 5.55. The van der Waals surface area contributed by atoms with E-state index in [0.29, 0.717) is 5.56 Å². The SMILES string of the molecule is [B]C1OC(CO)C(OC(=O)c2ccccc2)C1F. The van der Waals surface area contributed by atoms with Crippen molar-refractivity contribution >= 4 is 13.8 Å². The van der Waals surface area contributed by atoms with E-state index in [1.807, 2.05) is 0 Å². The molecule has 0 amide bonds. The third-order valence-corrected chi connectivity index (χ3v) is 2.76. The third-order valence-electron chi connectivity index (χ3n) is 2.76. The first kappa shape index (κ1) is 13.0. The average Bonchev–Trinajstić information content (AvgIpc) is 2.67. The number of esters is 1. The molecule has 1 heterocycles. The van der Waals surface area contributed by atoms with E-state index >= 15 is 0 Å². The highest BCUT2D eigenvalue weighted by Gasteiger charge is 2.44. The van der Waals surface area contributed by atoms with Crippen LogP contribution in [0.15, 0.2) is 30.3 Å². The van der Waals surface area contributed by atoms with E-state index in [1.54, 1.807) is 30.3 Å². The molecule has 1 fully saturated rings. The Balaban J connectivity index is 2.06. The van der Waals surface area contributed by atoms with Crippen LogP contribution in [0.5, 0.6) is 0 Å². The Morgan fingerprint density at radius 1 is 1.44 bits per heavy atom. The number of carbonyl (C=O) groups excluding carboxylic acids is 1. The fourth-order valence-corrected chi connectivity index (χ4v) is 1.80. The van der Waals surface area contributed by atoms with Crippen molar-refractivity contribution in [3.8, 4) is 0 Å². The molecular formula is C12H12BFO4. The predicted molar refractivity (Wildman–Crippen MR) is 62.0 cm³/mol. The van der Waals surface area contributed by atoms with Gasteiger partial charge in [-0.15, -0.1) is 0 Å². The van der Waals surface area contributed by atoms with Crippen molar-refractivity contribution in [3.63, 3.8) is 0 Å². The molecule has 1 N–H and O–H groups in total. The second kappa shape index (κ2) is 5.50. The Morgan fingerprint density at radius 3 is 2.72 bits per heavy atom. The van der Waals surface area contributed by atoms with E-state index in [-0.39, 0.29) is 0 Å². The second-order valence-electron chi connectivity index (χ2n) is 4.00. The Kier molecular flexibility index (Phi) is 3.99. The van der Waals surface area contributed by atoms with E-state index in [9.17, 15) is 9.18 Å². The van der Waals surface area contributed by atoms with Crippen molar-refractivity contribution in [3.05, 3.63) is 35.9 Å². The molecule has 1 aliphatic heterocycles. The number of aliphatic hydroxyl groups excluding tert-OH is 1. The van der Waals surface area contributed by atoms with Crippen LogP contribution in [0, 0.1) is 0 Å². The molecule has 0 saturated carbocycles. The third kappa shape index (κ3) is 2.54. The van der Waals surface area contributed by atoms with Crippen LogP contribution >= 0.6 is 0 Å². The molecule has 4 nitrogen and oxygen atoms in total. The summed E-state index contributed by atoms with van der Waals surface area (Å²) in [4.78, 5) is 11.7. The molecule has 6 heteroatoms. The fraction of sp³-hybridized carbons (Fsp3) is 0.417. The number of ether oxygens (including phenoxy) is 2. The van der Waals surface area contributed by atoms with Crippen molar-refractivity contribution in [1.82, 2.24) is 0 Å². The summed E-state index contributed by atoms with van der Waals surface area (Å²) in [5.74, 6) is -0.667. The van der Waals surface area contributed by atoms with Crippen molar-refractivity contribution in [2.75, 3.05) is 6.61 Å². The molecule has 0 bridgehead atoms. The molecule has 94 valence electrons. The zero-order valence-electron chi connectivity index (χ0n) is 9.53. The number of alkyl halides is 1. The van der Waals surface area contributed by atoms with Gasteiger partial charge in [0.2, 0.25) is 0 Å². The van der Waals surface area contributed by atoms with Gasteiger partial charge in [-0.2, -0.15) is 0 Å². The molecule has 1 aromatic rings. The molecular weight excluding hydrogens is 238 g/mol. The molecule has 2 radical (unpaired) electrons. The lowest BCUT2D eigenvalue weighted by atomic mass is 9.94. The maximum Gasteiger partial charge on any atom is 0.338 e. The number of hydrogen-bond acceptors (Lipinski definition) is 4. The number of rotatable bonds is 3. The van der Waals surface area contributed by atoms with Crippen LogP contribution in [0.2, 0.25) is 0 Å². The van der Waals surface area contributed by atoms with Gasteiger partial charge in [-0.25, -0.2) is 9.18 Å². The zero-order valence-corrected chi connectivity index (χ0v) is 9.53. The van der Waals surface area contributed by atoms with Gasteiger partial charge in [0.15, 0.2) is 12.3 Å². The highest BCUT2D eigenvalue weighted by Crippen LogP contribution is 2.25. The summed E-state index contributed by atoms with van der Waals surface area (Å²) in [6, 6.07) is 7.02. The van der Waals surface area contributed by atoms with Crippen LogP contribution in [-0.2, 0) is 9.47 Å². The van der Waals surface area contributed by atoms with Gasteiger partial charge in [-0.05, 0) is 12.1 Å². The van der Waals surface area contributed by atoms with E-state index in [2.05, 4.69) is 0 Å². The minimum atomic E-state index is -1.64. The number of benzene rings is 1. The van der Waals surface area contributed by atoms with E-state index in [1.165, 1.54) is 0 Å². The molecule has 1 saturated heterocycles. The smallest absolute Gasteiger partial charge is 0.338 e. The average molecular weight is 250 g/mol. The molecule has 1 aromatic carbocycles. The van der Waals surface area contributed by atoms with Gasteiger partial charge in [0.05, 0.1) is 18.2 Å². The highest BCUT2D eigenvalue weighted by atomic mass is 19.1. The topological polar surface area (TPSA) is 55.8 Å². The van der Waals surface area contributed by atoms with Crippen molar-refractivity contribution in [2.45, 2.75) is 24.4 Å². The van der Waals surface area contributed by atoms with Crippen LogP contribution < -0.4 is 0 Å². The lowest BCUT2D eigenvalue weighted by molar-refractivity contribution is -0.0271. The minimum absolute atomic E-state index is 0.307. The van der Waals surface area contributed by atoms with Crippen LogP contribution in [0.4, 0.5) is 4.39 Å². The normalized spacial score (nSPS) is 31.2. The Labute approximate surface area is 105 Å². The lowest BCUT2D eigenvalue weighted by Crippen LogP contribution is -2.36. The van der Waals surface area contributed by atoms with Crippen LogP contribution in [0.1, 0.15) is 10.4 Å². The molecule has 1 aliphatic rings. The van der Waals surface area contributed by atoms with E-state index in [0.717, 1.165) is 0 Å². The summed E-state index contributed by atoms with van der Waals surface area (Å²) in [6.07, 6.45) is -3.75. The number of aliphatic hydroxyl groups is 1. The molecule has 2 rings (SSSR count). The summed E-state index contributed by atoms with van der Waals surface area (Å²) in [5, 5.41) is 9.02. The van der Waals surface area contributed by atoms with Gasteiger partial charge in [0.1, 0.15) is 14.0 Å². The molecule has 0 spiro atoms. The molecule has 4 atom stereocenters. The molecule has 0 aliphatic carbocycles. The number of halogens is 1. The van der Waals surface area contributed by atoms with Gasteiger partial charge in [-0.1, -0.05) is 18.2 Å². The molecule has 4 unspecified atom stereocenters. The standard InChI is InChI=1S/C12H12BFO4/c13-11-9(14)10(8(6-15)17-11)18-12(16)7-4-2-1-3-5-7/h1-5,8-11,15H,6H2. The first-order chi connectivity index (χ1) is 8.63. The summed E-state index contributed by atoms with van der Waals surface area (Å²) < 4.78 is 23.6. The summed E-state index contributed by atoms with van der Waals surface area (Å²) in [6.45, 7) is -0.457. The summed E-state index contributed by atoms with van der Waals surface area (Å²) >= 11 is 0. The van der Waals surface area contributed by atoms with Crippen LogP contribution in [0.25, 0.3) is 0 Å². The Bertz CT molecular complexity index is 414. The highest BCUT2D eigenvalue weighted by molar-refractivity contribution is 6.11. The number of carbonyl (C=O) groups is 1. The van der Waals surface area contributed by atoms with Crippen molar-refractivity contribution in [1.29, 1.82) is 0 Å². The van der Waals surface area contributed by atoms with Crippen LogP contribution in [0.3, 0.4) is 0 Å². The molecule has 0 aromatic heterocycles. The predicted octanol–water partition coefficient (Wildman–Crippen LogP) is 0.436. The Morgan fingerprint density at radius 2 is 2.11 bits per heavy atom. The first-order valence-electron chi connectivity index (χ1n) is 5.55. The van der Waals surface area contributed by atoms with E-state index in [4.69, 9.17) is 22.4 Å². The maximum atomic E-state index is 13.7. The van der Waals surface area contributed by atoms with Crippen molar-refractivity contribution < 1.29 is 23.8 Å². The quantitative estimate of drug-likeness (QED) is 0.624. The monoisotopic (exact) mass is 250 g/mol. The number of hydrogen-bond donors (Lipinski definition) is 1. The van der Waals surface area contributed by atoms with Gasteiger partial charge >= 0.3 is 5.97 Å². The van der Waals surface area contributed by atoms with Gasteiger partial charge in [0, 0.05) is 0 Å².